The number of pyridine rings is 1. The number of nitriles is 1. The highest BCUT2D eigenvalue weighted by Gasteiger charge is 2.27. The van der Waals surface area contributed by atoms with Gasteiger partial charge in [-0.05, 0) is 48.9 Å². The van der Waals surface area contributed by atoms with Crippen molar-refractivity contribution < 1.29 is 4.39 Å². The van der Waals surface area contributed by atoms with Crippen LogP contribution in [0.1, 0.15) is 36.6 Å². The minimum Gasteiger partial charge on any atom is -0.383 e. The average Bonchev–Trinajstić information content (AvgIpc) is 2.55. The van der Waals surface area contributed by atoms with Crippen LogP contribution >= 0.6 is 15.9 Å². The van der Waals surface area contributed by atoms with Crippen LogP contribution in [0.4, 0.5) is 10.2 Å². The van der Waals surface area contributed by atoms with Crippen molar-refractivity contribution in [2.45, 2.75) is 32.6 Å². The van der Waals surface area contributed by atoms with Gasteiger partial charge in [0.05, 0.1) is 0 Å². The molecule has 1 aromatic heterocycles. The molecule has 23 heavy (non-hydrogen) atoms. The van der Waals surface area contributed by atoms with Gasteiger partial charge >= 0.3 is 0 Å². The van der Waals surface area contributed by atoms with Crippen molar-refractivity contribution in [3.63, 3.8) is 0 Å². The zero-order chi connectivity index (χ0) is 16.6. The molecule has 1 atom stereocenters. The standard InChI is InChI=1S/C18H17BrFN3/c1-2-10-3-6-16-13(7-10)17(14(9-21)18(22)23-16)12-8-11(19)4-5-15(12)20/h4-5,8,10H,2-3,6-7H2,1H3,(H2,22,23). The van der Waals surface area contributed by atoms with E-state index >= 15 is 0 Å². The van der Waals surface area contributed by atoms with Gasteiger partial charge in [-0.15, -0.1) is 0 Å². The highest BCUT2D eigenvalue weighted by Crippen LogP contribution is 2.39. The Morgan fingerprint density at radius 1 is 1.48 bits per heavy atom. The van der Waals surface area contributed by atoms with E-state index in [2.05, 4.69) is 33.9 Å². The van der Waals surface area contributed by atoms with Gasteiger partial charge in [0.15, 0.2) is 0 Å². The van der Waals surface area contributed by atoms with Gasteiger partial charge in [-0.25, -0.2) is 9.37 Å². The summed E-state index contributed by atoms with van der Waals surface area (Å²) in [4.78, 5) is 4.41. The molecule has 2 N–H and O–H groups in total. The third kappa shape index (κ3) is 2.84. The maximum absolute atomic E-state index is 14.5. The summed E-state index contributed by atoms with van der Waals surface area (Å²) in [5.41, 5.74) is 9.17. The summed E-state index contributed by atoms with van der Waals surface area (Å²) in [5.74, 6) is 0.375. The van der Waals surface area contributed by atoms with Gasteiger partial charge in [-0.3, -0.25) is 0 Å². The highest BCUT2D eigenvalue weighted by atomic mass is 79.9. The molecule has 3 nitrogen and oxygen atoms in total. The lowest BCUT2D eigenvalue weighted by molar-refractivity contribution is 0.440. The molecule has 0 saturated heterocycles. The number of rotatable bonds is 2. The minimum atomic E-state index is -0.351. The second-order valence-electron chi connectivity index (χ2n) is 5.93. The lowest BCUT2D eigenvalue weighted by Crippen LogP contribution is -2.18. The number of nitrogen functional groups attached to an aromatic ring is 1. The Hall–Kier alpha value is -1.93. The molecule has 0 radical (unpaired) electrons. The van der Waals surface area contributed by atoms with Crippen molar-refractivity contribution in [3.8, 4) is 17.2 Å². The van der Waals surface area contributed by atoms with E-state index in [0.29, 0.717) is 17.0 Å². The van der Waals surface area contributed by atoms with Crippen LogP contribution in [-0.2, 0) is 12.8 Å². The predicted molar refractivity (Wildman–Crippen MR) is 92.3 cm³/mol. The van der Waals surface area contributed by atoms with Crippen LogP contribution in [0.15, 0.2) is 22.7 Å². The molecule has 0 spiro atoms. The van der Waals surface area contributed by atoms with Crippen LogP contribution in [0.5, 0.6) is 0 Å². The number of anilines is 1. The smallest absolute Gasteiger partial charge is 0.142 e. The summed E-state index contributed by atoms with van der Waals surface area (Å²) >= 11 is 3.38. The Balaban J connectivity index is 2.32. The van der Waals surface area contributed by atoms with Gasteiger partial charge in [0.1, 0.15) is 23.3 Å². The van der Waals surface area contributed by atoms with Crippen LogP contribution in [-0.4, -0.2) is 4.98 Å². The first-order valence-electron chi connectivity index (χ1n) is 7.71. The van der Waals surface area contributed by atoms with Crippen LogP contribution in [0, 0.1) is 23.1 Å². The van der Waals surface area contributed by atoms with Crippen LogP contribution in [0.2, 0.25) is 0 Å². The second kappa shape index (κ2) is 6.29. The van der Waals surface area contributed by atoms with Crippen LogP contribution in [0.3, 0.4) is 0 Å². The van der Waals surface area contributed by atoms with Gasteiger partial charge in [0.25, 0.3) is 0 Å². The van der Waals surface area contributed by atoms with Crippen molar-refractivity contribution in [1.82, 2.24) is 4.98 Å². The summed E-state index contributed by atoms with van der Waals surface area (Å²) < 4.78 is 15.2. The largest absolute Gasteiger partial charge is 0.383 e. The number of fused-ring (bicyclic) bond motifs is 1. The fraction of sp³-hybridized carbons (Fsp3) is 0.333. The van der Waals surface area contributed by atoms with E-state index in [1.54, 1.807) is 12.1 Å². The van der Waals surface area contributed by atoms with Crippen molar-refractivity contribution in [2.75, 3.05) is 5.73 Å². The van der Waals surface area contributed by atoms with Crippen LogP contribution < -0.4 is 5.73 Å². The Kier molecular flexibility index (Phi) is 4.36. The van der Waals surface area contributed by atoms with E-state index in [9.17, 15) is 9.65 Å². The monoisotopic (exact) mass is 373 g/mol. The number of hydrogen-bond acceptors (Lipinski definition) is 3. The Labute approximate surface area is 143 Å². The van der Waals surface area contributed by atoms with Crippen LogP contribution in [0.25, 0.3) is 11.1 Å². The molecule has 3 rings (SSSR count). The maximum Gasteiger partial charge on any atom is 0.142 e. The normalized spacial score (nSPS) is 16.7. The van der Waals surface area contributed by atoms with Gasteiger partial charge in [0, 0.05) is 21.3 Å². The SMILES string of the molecule is CCC1CCc2nc(N)c(C#N)c(-c3cc(Br)ccc3F)c2C1. The zero-order valence-electron chi connectivity index (χ0n) is 12.9. The molecular weight excluding hydrogens is 357 g/mol. The molecule has 1 aliphatic carbocycles. The first-order chi connectivity index (χ1) is 11.0. The Morgan fingerprint density at radius 3 is 2.96 bits per heavy atom. The minimum absolute atomic E-state index is 0.190. The van der Waals surface area contributed by atoms with Gasteiger partial charge in [-0.1, -0.05) is 29.3 Å². The number of hydrogen-bond donors (Lipinski definition) is 1. The summed E-state index contributed by atoms with van der Waals surface area (Å²) in [6.45, 7) is 2.16. The summed E-state index contributed by atoms with van der Waals surface area (Å²) in [6, 6.07) is 6.89. The summed E-state index contributed by atoms with van der Waals surface area (Å²) in [5, 5.41) is 9.54. The third-order valence-corrected chi connectivity index (χ3v) is 5.07. The zero-order valence-corrected chi connectivity index (χ0v) is 14.5. The first-order valence-corrected chi connectivity index (χ1v) is 8.51. The number of benzene rings is 1. The predicted octanol–water partition coefficient (Wildman–Crippen LogP) is 4.62. The Bertz CT molecular complexity index is 811. The van der Waals surface area contributed by atoms with E-state index in [0.717, 1.165) is 41.4 Å². The number of aromatic nitrogens is 1. The molecule has 0 aliphatic heterocycles. The number of aryl methyl sites for hydroxylation is 1. The third-order valence-electron chi connectivity index (χ3n) is 4.58. The molecule has 1 heterocycles. The molecule has 1 aliphatic rings. The quantitative estimate of drug-likeness (QED) is 0.835. The molecule has 118 valence electrons. The Morgan fingerprint density at radius 2 is 2.26 bits per heavy atom. The molecule has 0 saturated carbocycles. The van der Waals surface area contributed by atoms with Gasteiger partial charge in [0.2, 0.25) is 0 Å². The number of nitrogens with zero attached hydrogens (tertiary/aromatic N) is 2. The molecule has 0 amide bonds. The van der Waals surface area contributed by atoms with Crippen molar-refractivity contribution in [3.05, 3.63) is 45.3 Å². The van der Waals surface area contributed by atoms with E-state index < -0.39 is 0 Å². The topological polar surface area (TPSA) is 62.7 Å². The van der Waals surface area contributed by atoms with Crippen molar-refractivity contribution in [1.29, 1.82) is 5.26 Å². The fourth-order valence-corrected chi connectivity index (χ4v) is 3.66. The van der Waals surface area contributed by atoms with E-state index in [1.807, 2.05) is 0 Å². The number of halogens is 2. The maximum atomic E-state index is 14.5. The van der Waals surface area contributed by atoms with E-state index in [1.165, 1.54) is 6.07 Å². The first kappa shape index (κ1) is 15.9. The molecule has 1 unspecified atom stereocenters. The van der Waals surface area contributed by atoms with Gasteiger partial charge < -0.3 is 5.73 Å². The molecule has 0 fully saturated rings. The lowest BCUT2D eigenvalue weighted by Gasteiger charge is -2.26. The fourth-order valence-electron chi connectivity index (χ4n) is 3.30. The van der Waals surface area contributed by atoms with Crippen molar-refractivity contribution >= 4 is 21.7 Å². The molecular formula is C18H17BrFN3. The molecule has 2 aromatic rings. The number of nitrogens with two attached hydrogens (primary N) is 1. The second-order valence-corrected chi connectivity index (χ2v) is 6.84. The molecule has 5 heteroatoms. The lowest BCUT2D eigenvalue weighted by atomic mass is 9.80. The van der Waals surface area contributed by atoms with E-state index in [4.69, 9.17) is 5.73 Å². The van der Waals surface area contributed by atoms with E-state index in [-0.39, 0.29) is 17.2 Å². The average molecular weight is 374 g/mol. The van der Waals surface area contributed by atoms with Gasteiger partial charge in [-0.2, -0.15) is 5.26 Å². The summed E-state index contributed by atoms with van der Waals surface area (Å²) in [7, 11) is 0. The molecule has 0 bridgehead atoms. The highest BCUT2D eigenvalue weighted by molar-refractivity contribution is 9.10. The summed E-state index contributed by atoms with van der Waals surface area (Å²) in [6.07, 6.45) is 3.76. The van der Waals surface area contributed by atoms with Crippen molar-refractivity contribution in [2.24, 2.45) is 5.92 Å². The molecule has 1 aromatic carbocycles.